The monoisotopic (exact) mass is 315 g/mol. The molecule has 22 heavy (non-hydrogen) atoms. The zero-order chi connectivity index (χ0) is 15.4. The van der Waals surface area contributed by atoms with Crippen LogP contribution in [0.5, 0.6) is 0 Å². The first-order valence-electron chi connectivity index (χ1n) is 7.78. The molecule has 4 heteroatoms. The van der Waals surface area contributed by atoms with Crippen LogP contribution in [0.25, 0.3) is 0 Å². The maximum absolute atomic E-state index is 5.92. The summed E-state index contributed by atoms with van der Waals surface area (Å²) in [4.78, 5) is 4.96. The van der Waals surface area contributed by atoms with Gasteiger partial charge < -0.3 is 10.6 Å². The highest BCUT2D eigenvalue weighted by molar-refractivity contribution is 6.30. The number of hydrogen-bond acceptors (Lipinski definition) is 3. The molecule has 0 amide bonds. The highest BCUT2D eigenvalue weighted by atomic mass is 35.5. The predicted molar refractivity (Wildman–Crippen MR) is 94.7 cm³/mol. The van der Waals surface area contributed by atoms with Gasteiger partial charge in [-0.1, -0.05) is 23.7 Å². The van der Waals surface area contributed by atoms with Crippen molar-refractivity contribution in [3.8, 4) is 0 Å². The quantitative estimate of drug-likeness (QED) is 0.879. The second-order valence-corrected chi connectivity index (χ2v) is 6.23. The van der Waals surface area contributed by atoms with E-state index in [2.05, 4.69) is 34.1 Å². The molecular formula is C18H22ClN3. The maximum Gasteiger partial charge on any atom is 0.0406 e. The van der Waals surface area contributed by atoms with E-state index in [0.717, 1.165) is 49.9 Å². The van der Waals surface area contributed by atoms with E-state index in [1.807, 2.05) is 24.3 Å². The molecule has 1 fully saturated rings. The van der Waals surface area contributed by atoms with Crippen LogP contribution in [0.3, 0.4) is 0 Å². The third-order valence-electron chi connectivity index (χ3n) is 4.26. The molecule has 1 heterocycles. The summed E-state index contributed by atoms with van der Waals surface area (Å²) in [6, 6.07) is 16.3. The Labute approximate surface area is 137 Å². The predicted octanol–water partition coefficient (Wildman–Crippen LogP) is 3.29. The molecule has 2 aromatic carbocycles. The number of anilines is 2. The average Bonchev–Trinajstić information content (AvgIpc) is 2.56. The smallest absolute Gasteiger partial charge is 0.0406 e. The van der Waals surface area contributed by atoms with Crippen molar-refractivity contribution in [3.63, 3.8) is 0 Å². The highest BCUT2D eigenvalue weighted by Crippen LogP contribution is 2.18. The van der Waals surface area contributed by atoms with Gasteiger partial charge in [0.25, 0.3) is 0 Å². The molecule has 0 bridgehead atoms. The van der Waals surface area contributed by atoms with E-state index in [1.54, 1.807) is 0 Å². The van der Waals surface area contributed by atoms with E-state index in [0.29, 0.717) is 0 Å². The number of nitrogens with zero attached hydrogens (tertiary/aromatic N) is 2. The second kappa shape index (κ2) is 7.03. The number of piperazine rings is 1. The normalized spacial score (nSPS) is 16.0. The first-order valence-corrected chi connectivity index (χ1v) is 8.16. The number of rotatable bonds is 4. The van der Waals surface area contributed by atoms with E-state index in [4.69, 9.17) is 17.3 Å². The Bertz CT molecular complexity index is 587. The fourth-order valence-electron chi connectivity index (χ4n) is 2.85. The molecule has 1 aliphatic heterocycles. The van der Waals surface area contributed by atoms with Gasteiger partial charge in [-0.15, -0.1) is 0 Å². The van der Waals surface area contributed by atoms with E-state index in [9.17, 15) is 0 Å². The van der Waals surface area contributed by atoms with E-state index < -0.39 is 0 Å². The summed E-state index contributed by atoms with van der Waals surface area (Å²) in [7, 11) is 0. The molecule has 0 aromatic heterocycles. The van der Waals surface area contributed by atoms with E-state index >= 15 is 0 Å². The SMILES string of the molecule is Nc1ccc(N2CCN(CCc3ccc(Cl)cc3)CC2)cc1. The van der Waals surface area contributed by atoms with Gasteiger partial charge in [0.2, 0.25) is 0 Å². The molecule has 0 atom stereocenters. The fraction of sp³-hybridized carbons (Fsp3) is 0.333. The van der Waals surface area contributed by atoms with Gasteiger partial charge in [-0.3, -0.25) is 4.90 Å². The zero-order valence-electron chi connectivity index (χ0n) is 12.7. The minimum absolute atomic E-state index is 0.806. The van der Waals surface area contributed by atoms with Crippen LogP contribution >= 0.6 is 11.6 Å². The molecule has 3 rings (SSSR count). The molecule has 0 radical (unpaired) electrons. The van der Waals surface area contributed by atoms with Crippen LogP contribution in [0, 0.1) is 0 Å². The van der Waals surface area contributed by atoms with Gasteiger partial charge in [0.05, 0.1) is 0 Å². The lowest BCUT2D eigenvalue weighted by molar-refractivity contribution is 0.261. The summed E-state index contributed by atoms with van der Waals surface area (Å²) in [5.74, 6) is 0. The molecule has 1 saturated heterocycles. The highest BCUT2D eigenvalue weighted by Gasteiger charge is 2.16. The number of benzene rings is 2. The van der Waals surface area contributed by atoms with Crippen LogP contribution in [-0.4, -0.2) is 37.6 Å². The first-order chi connectivity index (χ1) is 10.7. The number of halogens is 1. The molecular weight excluding hydrogens is 294 g/mol. The Hall–Kier alpha value is -1.71. The minimum atomic E-state index is 0.806. The Balaban J connectivity index is 1.47. The molecule has 2 aromatic rings. The van der Waals surface area contributed by atoms with Crippen LogP contribution in [-0.2, 0) is 6.42 Å². The van der Waals surface area contributed by atoms with Crippen LogP contribution in [0.2, 0.25) is 5.02 Å². The van der Waals surface area contributed by atoms with Crippen LogP contribution in [0.15, 0.2) is 48.5 Å². The summed E-state index contributed by atoms with van der Waals surface area (Å²) in [5.41, 5.74) is 9.19. The van der Waals surface area contributed by atoms with Gasteiger partial charge in [0, 0.05) is 49.1 Å². The van der Waals surface area contributed by atoms with Crippen molar-refractivity contribution in [2.75, 3.05) is 43.4 Å². The number of nitrogens with two attached hydrogens (primary N) is 1. The molecule has 2 N–H and O–H groups in total. The Morgan fingerprint density at radius 1 is 0.864 bits per heavy atom. The molecule has 0 unspecified atom stereocenters. The van der Waals surface area contributed by atoms with E-state index in [1.165, 1.54) is 11.3 Å². The summed E-state index contributed by atoms with van der Waals surface area (Å²) >= 11 is 5.92. The molecule has 1 aliphatic rings. The second-order valence-electron chi connectivity index (χ2n) is 5.80. The lowest BCUT2D eigenvalue weighted by Crippen LogP contribution is -2.47. The Morgan fingerprint density at radius 2 is 1.50 bits per heavy atom. The van der Waals surface area contributed by atoms with Crippen molar-refractivity contribution in [3.05, 3.63) is 59.1 Å². The van der Waals surface area contributed by atoms with Crippen LogP contribution in [0.4, 0.5) is 11.4 Å². The summed E-state index contributed by atoms with van der Waals surface area (Å²) in [5, 5.41) is 0.806. The molecule has 0 aliphatic carbocycles. The fourth-order valence-corrected chi connectivity index (χ4v) is 2.98. The van der Waals surface area contributed by atoms with E-state index in [-0.39, 0.29) is 0 Å². The Kier molecular flexibility index (Phi) is 4.86. The van der Waals surface area contributed by atoms with Crippen molar-refractivity contribution >= 4 is 23.0 Å². The lowest BCUT2D eigenvalue weighted by Gasteiger charge is -2.36. The van der Waals surface area contributed by atoms with Gasteiger partial charge in [-0.2, -0.15) is 0 Å². The van der Waals surface area contributed by atoms with Gasteiger partial charge in [-0.25, -0.2) is 0 Å². The Morgan fingerprint density at radius 3 is 2.14 bits per heavy atom. The van der Waals surface area contributed by atoms with Crippen LogP contribution < -0.4 is 10.6 Å². The first kappa shape index (κ1) is 15.2. The standard InChI is InChI=1S/C18H22ClN3/c19-16-3-1-15(2-4-16)9-10-21-11-13-22(14-12-21)18-7-5-17(20)6-8-18/h1-8H,9-14,20H2. The molecule has 116 valence electrons. The summed E-state index contributed by atoms with van der Waals surface area (Å²) in [6.45, 7) is 5.47. The largest absolute Gasteiger partial charge is 0.399 e. The number of nitrogen functional groups attached to an aromatic ring is 1. The van der Waals surface area contributed by atoms with Crippen molar-refractivity contribution in [2.45, 2.75) is 6.42 Å². The van der Waals surface area contributed by atoms with Gasteiger partial charge in [0.15, 0.2) is 0 Å². The lowest BCUT2D eigenvalue weighted by atomic mass is 10.1. The summed E-state index contributed by atoms with van der Waals surface area (Å²) in [6.07, 6.45) is 1.08. The summed E-state index contributed by atoms with van der Waals surface area (Å²) < 4.78 is 0. The minimum Gasteiger partial charge on any atom is -0.399 e. The zero-order valence-corrected chi connectivity index (χ0v) is 13.5. The van der Waals surface area contributed by atoms with Crippen molar-refractivity contribution in [2.24, 2.45) is 0 Å². The van der Waals surface area contributed by atoms with Gasteiger partial charge >= 0.3 is 0 Å². The van der Waals surface area contributed by atoms with Crippen molar-refractivity contribution < 1.29 is 0 Å². The topological polar surface area (TPSA) is 32.5 Å². The third-order valence-corrected chi connectivity index (χ3v) is 4.51. The maximum atomic E-state index is 5.92. The molecule has 0 saturated carbocycles. The van der Waals surface area contributed by atoms with Crippen molar-refractivity contribution in [1.29, 1.82) is 0 Å². The molecule has 0 spiro atoms. The third kappa shape index (κ3) is 3.93. The van der Waals surface area contributed by atoms with Crippen molar-refractivity contribution in [1.82, 2.24) is 4.90 Å². The average molecular weight is 316 g/mol. The van der Waals surface area contributed by atoms with Gasteiger partial charge in [-0.05, 0) is 48.4 Å². The van der Waals surface area contributed by atoms with Crippen LogP contribution in [0.1, 0.15) is 5.56 Å². The van der Waals surface area contributed by atoms with Gasteiger partial charge in [0.1, 0.15) is 0 Å². The molecule has 3 nitrogen and oxygen atoms in total. The number of hydrogen-bond donors (Lipinski definition) is 1.